The fourth-order valence-corrected chi connectivity index (χ4v) is 6.22. The van der Waals surface area contributed by atoms with Crippen molar-refractivity contribution in [3.63, 3.8) is 0 Å². The van der Waals surface area contributed by atoms with Crippen molar-refractivity contribution in [3.05, 3.63) is 35.6 Å². The molecule has 2 aliphatic heterocycles. The fraction of sp³-hybridized carbons (Fsp3) is 0.522. The predicted molar refractivity (Wildman–Crippen MR) is 123 cm³/mol. The zero-order chi connectivity index (χ0) is 22.9. The van der Waals surface area contributed by atoms with E-state index in [4.69, 9.17) is 16.3 Å². The number of likely N-dealkylation sites (tertiary alicyclic amines) is 1. The number of hydrogen-bond donors (Lipinski definition) is 1. The number of amides is 2. The summed E-state index contributed by atoms with van der Waals surface area (Å²) in [4.78, 5) is 50.1. The van der Waals surface area contributed by atoms with Crippen molar-refractivity contribution in [2.24, 2.45) is 5.92 Å². The van der Waals surface area contributed by atoms with E-state index < -0.39 is 29.5 Å². The van der Waals surface area contributed by atoms with Gasteiger partial charge in [0, 0.05) is 18.9 Å². The third kappa shape index (κ3) is 4.41. The van der Waals surface area contributed by atoms with Gasteiger partial charge >= 0.3 is 0 Å². The van der Waals surface area contributed by atoms with Gasteiger partial charge in [-0.05, 0) is 30.9 Å². The van der Waals surface area contributed by atoms with Crippen LogP contribution in [0.15, 0.2) is 30.6 Å². The molecule has 1 N–H and O–H groups in total. The summed E-state index contributed by atoms with van der Waals surface area (Å²) in [5, 5.41) is 2.80. The second-order valence-electron chi connectivity index (χ2n) is 8.79. The number of nitrogens with zero attached hydrogens (tertiary/aromatic N) is 3. The van der Waals surface area contributed by atoms with Crippen LogP contribution >= 0.6 is 22.9 Å². The van der Waals surface area contributed by atoms with Crippen LogP contribution in [-0.2, 0) is 14.3 Å². The number of alkyl halides is 1. The lowest BCUT2D eigenvalue weighted by Gasteiger charge is -2.34. The lowest BCUT2D eigenvalue weighted by molar-refractivity contribution is -0.139. The Morgan fingerprint density at radius 3 is 2.79 bits per heavy atom. The first kappa shape index (κ1) is 22.4. The summed E-state index contributed by atoms with van der Waals surface area (Å²) in [6.07, 6.45) is 7.68. The Balaban J connectivity index is 1.37. The number of Topliss-reactive ketones (excluding diaryl/α,β-unsaturated/α-hetero) is 1. The van der Waals surface area contributed by atoms with Crippen LogP contribution in [0.1, 0.15) is 41.9 Å². The molecule has 10 heteroatoms. The van der Waals surface area contributed by atoms with Gasteiger partial charge < -0.3 is 15.0 Å². The van der Waals surface area contributed by atoms with Crippen molar-refractivity contribution in [1.29, 1.82) is 0 Å². The van der Waals surface area contributed by atoms with Gasteiger partial charge in [0.05, 0.1) is 15.9 Å². The van der Waals surface area contributed by atoms with E-state index in [1.54, 1.807) is 12.4 Å². The van der Waals surface area contributed by atoms with Crippen LogP contribution < -0.4 is 5.32 Å². The number of hydrogen-bond acceptors (Lipinski definition) is 7. The van der Waals surface area contributed by atoms with E-state index in [1.165, 1.54) is 16.2 Å². The minimum Gasteiger partial charge on any atom is -0.366 e. The maximum atomic E-state index is 13.7. The molecule has 3 fully saturated rings. The molecule has 0 radical (unpaired) electrons. The van der Waals surface area contributed by atoms with Crippen LogP contribution in [0.2, 0.25) is 0 Å². The molecule has 2 amide bonds. The number of rotatable bonds is 5. The monoisotopic (exact) mass is 488 g/mol. The van der Waals surface area contributed by atoms with Crippen molar-refractivity contribution in [3.8, 4) is 10.6 Å². The Labute approximate surface area is 200 Å². The van der Waals surface area contributed by atoms with E-state index in [0.717, 1.165) is 42.7 Å². The highest BCUT2D eigenvalue weighted by Gasteiger charge is 2.53. The van der Waals surface area contributed by atoms with Crippen LogP contribution in [0.4, 0.5) is 0 Å². The number of aromatic nitrogens is 2. The number of carbonyl (C=O) groups excluding carboxylic acids is 3. The number of pyridine rings is 1. The maximum absolute atomic E-state index is 13.7. The van der Waals surface area contributed by atoms with Crippen molar-refractivity contribution < 1.29 is 19.1 Å². The maximum Gasteiger partial charge on any atom is 0.280 e. The molecular formula is C23H25ClN4O4S. The summed E-state index contributed by atoms with van der Waals surface area (Å²) < 4.78 is 5.53. The van der Waals surface area contributed by atoms with Crippen LogP contribution in [0.25, 0.3) is 10.6 Å². The molecule has 8 nitrogen and oxygen atoms in total. The highest BCUT2D eigenvalue weighted by atomic mass is 35.5. The number of ether oxygens (including phenoxy) is 1. The zero-order valence-corrected chi connectivity index (χ0v) is 19.6. The van der Waals surface area contributed by atoms with Crippen molar-refractivity contribution in [2.75, 3.05) is 13.2 Å². The molecule has 1 saturated carbocycles. The Bertz CT molecular complexity index is 1040. The summed E-state index contributed by atoms with van der Waals surface area (Å²) in [6, 6.07) is 4.17. The van der Waals surface area contributed by atoms with Crippen LogP contribution in [0.5, 0.6) is 0 Å². The van der Waals surface area contributed by atoms with Gasteiger partial charge in [0.15, 0.2) is 10.8 Å². The van der Waals surface area contributed by atoms with Gasteiger partial charge in [-0.3, -0.25) is 19.4 Å². The molecule has 4 atom stereocenters. The molecule has 2 aromatic rings. The molecule has 4 heterocycles. The number of nitrogens with one attached hydrogen (secondary N) is 1. The van der Waals surface area contributed by atoms with E-state index in [2.05, 4.69) is 15.3 Å². The highest BCUT2D eigenvalue weighted by molar-refractivity contribution is 7.16. The first-order valence-corrected chi connectivity index (χ1v) is 12.5. The Hall–Kier alpha value is -2.36. The third-order valence-electron chi connectivity index (χ3n) is 6.70. The zero-order valence-electron chi connectivity index (χ0n) is 18.0. The summed E-state index contributed by atoms with van der Waals surface area (Å²) in [5.74, 6) is -0.771. The van der Waals surface area contributed by atoms with Crippen molar-refractivity contribution in [2.45, 2.75) is 55.7 Å². The first-order chi connectivity index (χ1) is 16.0. The number of carbonyl (C=O) groups is 3. The number of fused-ring (bicyclic) bond motifs is 1. The van der Waals surface area contributed by atoms with Gasteiger partial charge in [-0.2, -0.15) is 0 Å². The second-order valence-corrected chi connectivity index (χ2v) is 10.4. The molecule has 1 aliphatic carbocycles. The van der Waals surface area contributed by atoms with Crippen molar-refractivity contribution >= 4 is 40.5 Å². The van der Waals surface area contributed by atoms with Gasteiger partial charge in [0.1, 0.15) is 24.8 Å². The Morgan fingerprint density at radius 2 is 2.03 bits per heavy atom. The largest absolute Gasteiger partial charge is 0.366 e. The third-order valence-corrected chi connectivity index (χ3v) is 8.10. The smallest absolute Gasteiger partial charge is 0.280 e. The van der Waals surface area contributed by atoms with Crippen LogP contribution in [0.3, 0.4) is 0 Å². The SMILES string of the molecule is O=C(NC(C(=O)N1CC(Cl)C2OCC(=O)C21)C1CCCCC1)c1ncc(-c2ccccn2)s1. The molecule has 2 saturated heterocycles. The molecule has 4 unspecified atom stereocenters. The second kappa shape index (κ2) is 9.48. The topological polar surface area (TPSA) is 101 Å². The summed E-state index contributed by atoms with van der Waals surface area (Å²) >= 11 is 7.63. The lowest BCUT2D eigenvalue weighted by atomic mass is 9.83. The molecule has 174 valence electrons. The van der Waals surface area contributed by atoms with E-state index in [-0.39, 0.29) is 35.8 Å². The van der Waals surface area contributed by atoms with Crippen molar-refractivity contribution in [1.82, 2.24) is 20.2 Å². The number of ketones is 1. The molecule has 2 aromatic heterocycles. The molecule has 33 heavy (non-hydrogen) atoms. The van der Waals surface area contributed by atoms with Gasteiger partial charge in [0.2, 0.25) is 5.91 Å². The fourth-order valence-electron chi connectivity index (χ4n) is 5.06. The van der Waals surface area contributed by atoms with Gasteiger partial charge in [-0.15, -0.1) is 22.9 Å². The van der Waals surface area contributed by atoms with E-state index in [9.17, 15) is 14.4 Å². The van der Waals surface area contributed by atoms with Gasteiger partial charge in [0.25, 0.3) is 5.91 Å². The molecule has 5 rings (SSSR count). The quantitative estimate of drug-likeness (QED) is 0.649. The van der Waals surface area contributed by atoms with Gasteiger partial charge in [-0.25, -0.2) is 4.98 Å². The molecular weight excluding hydrogens is 464 g/mol. The summed E-state index contributed by atoms with van der Waals surface area (Å²) in [5.41, 5.74) is 0.741. The summed E-state index contributed by atoms with van der Waals surface area (Å²) in [6.45, 7) is 0.208. The minimum atomic E-state index is -0.726. The average molecular weight is 489 g/mol. The van der Waals surface area contributed by atoms with E-state index in [1.807, 2.05) is 18.2 Å². The van der Waals surface area contributed by atoms with E-state index in [0.29, 0.717) is 0 Å². The molecule has 0 bridgehead atoms. The standard InChI is InChI=1S/C23H25ClN4O4S/c24-14-11-28(19-16(29)12-32-20(14)19)23(31)18(13-6-2-1-3-7-13)27-21(30)22-26-10-17(33-22)15-8-4-5-9-25-15/h4-5,8-10,13-14,18-20H,1-3,6-7,11-12H2,(H,27,30). The van der Waals surface area contributed by atoms with Crippen LogP contribution in [-0.4, -0.2) is 69.2 Å². The summed E-state index contributed by atoms with van der Waals surface area (Å²) in [7, 11) is 0. The van der Waals surface area contributed by atoms with Crippen LogP contribution in [0, 0.1) is 5.92 Å². The number of halogens is 1. The molecule has 0 spiro atoms. The molecule has 0 aromatic carbocycles. The highest BCUT2D eigenvalue weighted by Crippen LogP contribution is 2.34. The van der Waals surface area contributed by atoms with Gasteiger partial charge in [-0.1, -0.05) is 25.3 Å². The molecule has 3 aliphatic rings. The Morgan fingerprint density at radius 1 is 1.21 bits per heavy atom. The minimum absolute atomic E-state index is 0.00988. The van der Waals surface area contributed by atoms with E-state index >= 15 is 0 Å². The normalized spacial score (nSPS) is 26.3. The number of thiazole rings is 1. The lowest BCUT2D eigenvalue weighted by Crippen LogP contribution is -2.55. The Kier molecular flexibility index (Phi) is 6.44. The predicted octanol–water partition coefficient (Wildman–Crippen LogP) is 2.67. The average Bonchev–Trinajstić information content (AvgIpc) is 3.56. The first-order valence-electron chi connectivity index (χ1n) is 11.3.